The zero-order valence-corrected chi connectivity index (χ0v) is 22.7. The number of rotatable bonds is 9. The smallest absolute Gasteiger partial charge is 0.330 e. The normalized spacial score (nSPS) is 20.1. The Hall–Kier alpha value is -4.52. The topological polar surface area (TPSA) is 85.8 Å². The van der Waals surface area contributed by atoms with E-state index >= 15 is 0 Å². The van der Waals surface area contributed by atoms with Crippen molar-refractivity contribution in [2.75, 3.05) is 6.61 Å². The quantitative estimate of drug-likeness (QED) is 0.164. The highest BCUT2D eigenvalue weighted by molar-refractivity contribution is 6.08. The summed E-state index contributed by atoms with van der Waals surface area (Å²) in [6.07, 6.45) is 5.02. The van der Waals surface area contributed by atoms with Gasteiger partial charge in [0, 0.05) is 11.8 Å². The van der Waals surface area contributed by atoms with Crippen LogP contribution in [0.5, 0.6) is 0 Å². The van der Waals surface area contributed by atoms with E-state index in [9.17, 15) is 14.4 Å². The first kappa shape index (κ1) is 27.1. The third-order valence-corrected chi connectivity index (χ3v) is 7.44. The number of β-lactam (4-membered cyclic amide) rings is 1. The highest BCUT2D eigenvalue weighted by Gasteiger charge is 2.61. The first-order valence-corrected chi connectivity index (χ1v) is 13.3. The predicted molar refractivity (Wildman–Crippen MR) is 151 cm³/mol. The predicted octanol–water partition coefficient (Wildman–Crippen LogP) is 5.08. The van der Waals surface area contributed by atoms with Crippen LogP contribution in [0.4, 0.5) is 0 Å². The molecule has 5 rings (SSSR count). The number of pyridine rings is 1. The molecule has 0 N–H and O–H groups in total. The van der Waals surface area contributed by atoms with Crippen LogP contribution in [0.1, 0.15) is 48.8 Å². The van der Waals surface area contributed by atoms with Crippen LogP contribution in [0.25, 0.3) is 6.08 Å². The van der Waals surface area contributed by atoms with E-state index in [4.69, 9.17) is 9.47 Å². The van der Waals surface area contributed by atoms with Gasteiger partial charge in [-0.05, 0) is 46.7 Å². The highest BCUT2D eigenvalue weighted by Crippen LogP contribution is 2.50. The van der Waals surface area contributed by atoms with Gasteiger partial charge >= 0.3 is 11.9 Å². The van der Waals surface area contributed by atoms with Gasteiger partial charge in [-0.15, -0.1) is 0 Å². The molecular weight excluding hydrogens is 504 g/mol. The number of aromatic nitrogens is 1. The van der Waals surface area contributed by atoms with Crippen molar-refractivity contribution in [3.8, 4) is 0 Å². The van der Waals surface area contributed by atoms with Crippen LogP contribution < -0.4 is 0 Å². The van der Waals surface area contributed by atoms with Gasteiger partial charge in [-0.1, -0.05) is 87.2 Å². The lowest BCUT2D eigenvalue weighted by atomic mass is 9.83. The molecule has 0 bridgehead atoms. The van der Waals surface area contributed by atoms with Gasteiger partial charge in [0.25, 0.3) is 5.91 Å². The maximum absolute atomic E-state index is 13.7. The maximum atomic E-state index is 13.7. The van der Waals surface area contributed by atoms with E-state index in [0.29, 0.717) is 17.7 Å². The average Bonchev–Trinajstić information content (AvgIpc) is 3.22. The van der Waals surface area contributed by atoms with E-state index in [0.717, 1.165) is 16.7 Å². The van der Waals surface area contributed by atoms with Crippen LogP contribution in [-0.2, 0) is 30.3 Å². The lowest BCUT2D eigenvalue weighted by Crippen LogP contribution is -2.58. The fourth-order valence-corrected chi connectivity index (χ4v) is 5.58. The number of carbonyl (C=O) groups is 3. The van der Waals surface area contributed by atoms with Crippen molar-refractivity contribution in [3.63, 3.8) is 0 Å². The monoisotopic (exact) mass is 536 g/mol. The molecule has 1 unspecified atom stereocenters. The third-order valence-electron chi connectivity index (χ3n) is 7.44. The van der Waals surface area contributed by atoms with Crippen molar-refractivity contribution in [1.29, 1.82) is 0 Å². The SMILES string of the molecule is C=CCOC(=O)Cc1ccnc(/C=C2/C(=O)N3C2CC(C)(C)[C@@H]3C(=O)OC(c2ccccc2)c2ccccc2)c1. The van der Waals surface area contributed by atoms with Gasteiger partial charge in [-0.25, -0.2) is 4.79 Å². The number of carbonyl (C=O) groups excluding carboxylic acids is 3. The number of hydrogen-bond acceptors (Lipinski definition) is 6. The minimum Gasteiger partial charge on any atom is -0.461 e. The molecule has 0 spiro atoms. The van der Waals surface area contributed by atoms with Crippen LogP contribution in [0.15, 0.2) is 97.2 Å². The van der Waals surface area contributed by atoms with E-state index < -0.39 is 23.5 Å². The van der Waals surface area contributed by atoms with Gasteiger partial charge in [0.1, 0.15) is 12.6 Å². The molecule has 0 saturated carbocycles. The summed E-state index contributed by atoms with van der Waals surface area (Å²) in [5, 5.41) is 0. The molecule has 3 heterocycles. The molecule has 0 aliphatic carbocycles. The van der Waals surface area contributed by atoms with Crippen molar-refractivity contribution >= 4 is 23.9 Å². The third kappa shape index (κ3) is 5.45. The molecule has 7 heteroatoms. The number of nitrogens with zero attached hydrogens (tertiary/aromatic N) is 2. The largest absolute Gasteiger partial charge is 0.461 e. The van der Waals surface area contributed by atoms with Crippen LogP contribution in [0, 0.1) is 5.41 Å². The summed E-state index contributed by atoms with van der Waals surface area (Å²) in [7, 11) is 0. The van der Waals surface area contributed by atoms with E-state index in [-0.39, 0.29) is 30.9 Å². The summed E-state index contributed by atoms with van der Waals surface area (Å²) in [5.41, 5.74) is 3.16. The molecular formula is C33H32N2O5. The van der Waals surface area contributed by atoms with Crippen LogP contribution >= 0.6 is 0 Å². The molecule has 3 aromatic rings. The van der Waals surface area contributed by atoms with E-state index in [1.165, 1.54) is 6.08 Å². The molecule has 40 heavy (non-hydrogen) atoms. The second kappa shape index (κ2) is 11.3. The molecule has 7 nitrogen and oxygen atoms in total. The molecule has 1 aromatic heterocycles. The van der Waals surface area contributed by atoms with E-state index in [1.807, 2.05) is 74.5 Å². The zero-order chi connectivity index (χ0) is 28.3. The molecule has 2 fully saturated rings. The first-order valence-electron chi connectivity index (χ1n) is 13.3. The second-order valence-corrected chi connectivity index (χ2v) is 10.8. The summed E-state index contributed by atoms with van der Waals surface area (Å²) in [6, 6.07) is 21.8. The van der Waals surface area contributed by atoms with Gasteiger partial charge in [-0.2, -0.15) is 0 Å². The van der Waals surface area contributed by atoms with Crippen molar-refractivity contribution in [2.24, 2.45) is 5.41 Å². The number of benzene rings is 2. The Bertz CT molecular complexity index is 1410. The average molecular weight is 537 g/mol. The van der Waals surface area contributed by atoms with Crippen LogP contribution in [0.3, 0.4) is 0 Å². The number of esters is 2. The minimum absolute atomic E-state index is 0.0982. The van der Waals surface area contributed by atoms with E-state index in [2.05, 4.69) is 11.6 Å². The molecule has 2 atom stereocenters. The molecule has 2 aliphatic rings. The van der Waals surface area contributed by atoms with Crippen molar-refractivity contribution in [3.05, 3.63) is 120 Å². The summed E-state index contributed by atoms with van der Waals surface area (Å²) in [5.74, 6) is -0.985. The summed E-state index contributed by atoms with van der Waals surface area (Å²) in [6.45, 7) is 7.69. The Balaban J connectivity index is 1.35. The molecule has 1 amide bonds. The van der Waals surface area contributed by atoms with Gasteiger partial charge in [0.05, 0.1) is 18.2 Å². The molecule has 2 aliphatic heterocycles. The summed E-state index contributed by atoms with van der Waals surface area (Å²) >= 11 is 0. The highest BCUT2D eigenvalue weighted by atomic mass is 16.5. The molecule has 2 saturated heterocycles. The van der Waals surface area contributed by atoms with Crippen molar-refractivity contribution in [1.82, 2.24) is 9.88 Å². The first-order chi connectivity index (χ1) is 19.3. The number of ether oxygens (including phenoxy) is 2. The van der Waals surface area contributed by atoms with Gasteiger partial charge in [0.15, 0.2) is 6.10 Å². The van der Waals surface area contributed by atoms with Crippen LogP contribution in [-0.4, -0.2) is 46.4 Å². The Kier molecular flexibility index (Phi) is 7.65. The second-order valence-electron chi connectivity index (χ2n) is 10.8. The lowest BCUT2D eigenvalue weighted by molar-refractivity contribution is -0.162. The zero-order valence-electron chi connectivity index (χ0n) is 22.7. The standard InChI is InChI=1S/C33H32N2O5/c1-4-17-39-28(36)19-22-15-16-34-25(18-22)20-26-27-21-33(2,3)30(35(27)31(26)37)32(38)40-29(23-11-7-5-8-12-23)24-13-9-6-10-14-24/h4-16,18,20,27,29-30H,1,17,19,21H2,2-3H3/b26-20+/t27?,30-/m0/s1. The molecule has 0 radical (unpaired) electrons. The Labute approximate surface area is 234 Å². The number of amides is 1. The van der Waals surface area contributed by atoms with Crippen molar-refractivity contribution in [2.45, 2.75) is 44.9 Å². The molecule has 204 valence electrons. The summed E-state index contributed by atoms with van der Waals surface area (Å²) in [4.78, 5) is 45.2. The van der Waals surface area contributed by atoms with Crippen molar-refractivity contribution < 1.29 is 23.9 Å². The Morgan fingerprint density at radius 2 is 1.73 bits per heavy atom. The summed E-state index contributed by atoms with van der Waals surface area (Å²) < 4.78 is 11.2. The molecule has 2 aromatic carbocycles. The number of hydrogen-bond donors (Lipinski definition) is 0. The number of fused-ring (bicyclic) bond motifs is 1. The minimum atomic E-state index is -0.712. The Morgan fingerprint density at radius 1 is 1.07 bits per heavy atom. The maximum Gasteiger partial charge on any atom is 0.330 e. The van der Waals surface area contributed by atoms with Crippen LogP contribution in [0.2, 0.25) is 0 Å². The van der Waals surface area contributed by atoms with Gasteiger partial charge in [0.2, 0.25) is 0 Å². The Morgan fingerprint density at radius 3 is 2.35 bits per heavy atom. The van der Waals surface area contributed by atoms with Gasteiger partial charge < -0.3 is 14.4 Å². The van der Waals surface area contributed by atoms with Gasteiger partial charge in [-0.3, -0.25) is 14.6 Å². The fraction of sp³-hybridized carbons (Fsp3) is 0.273. The van der Waals surface area contributed by atoms with E-state index in [1.54, 1.807) is 29.3 Å². The fourth-order valence-electron chi connectivity index (χ4n) is 5.58. The lowest BCUT2D eigenvalue weighted by Gasteiger charge is -2.41.